The van der Waals surface area contributed by atoms with E-state index in [1.165, 1.54) is 16.2 Å². The van der Waals surface area contributed by atoms with Gasteiger partial charge in [0.2, 0.25) is 5.78 Å². The zero-order valence-corrected chi connectivity index (χ0v) is 17.0. The van der Waals surface area contributed by atoms with Gasteiger partial charge in [0.25, 0.3) is 11.1 Å². The molecule has 154 valence electrons. The van der Waals surface area contributed by atoms with Gasteiger partial charge < -0.3 is 0 Å². The van der Waals surface area contributed by atoms with Crippen molar-refractivity contribution in [1.29, 1.82) is 0 Å². The van der Waals surface area contributed by atoms with Gasteiger partial charge in [0, 0.05) is 14.1 Å². The molecule has 0 bridgehead atoms. The summed E-state index contributed by atoms with van der Waals surface area (Å²) in [6.45, 7) is 0.295. The molecule has 0 spiro atoms. The van der Waals surface area contributed by atoms with Crippen LogP contribution in [0.15, 0.2) is 75.0 Å². The fraction of sp³-hybridized carbons (Fsp3) is 0.130. The fourth-order valence-corrected chi connectivity index (χ4v) is 3.86. The summed E-state index contributed by atoms with van der Waals surface area (Å²) in [4.78, 5) is 43.4. The van der Waals surface area contributed by atoms with Crippen LogP contribution >= 0.6 is 0 Å². The molecule has 3 heterocycles. The number of fused-ring (bicyclic) bond motifs is 3. The van der Waals surface area contributed by atoms with Crippen molar-refractivity contribution < 1.29 is 0 Å². The molecule has 5 aromatic rings. The molecule has 2 aromatic carbocycles. The molecule has 0 fully saturated rings. The Hall–Kier alpha value is -4.20. The van der Waals surface area contributed by atoms with Crippen molar-refractivity contribution in [3.05, 3.63) is 108 Å². The number of nitrogens with zero attached hydrogens (tertiary/aromatic N) is 5. The summed E-state index contributed by atoms with van der Waals surface area (Å²) in [5.74, 6) is 0.323. The van der Waals surface area contributed by atoms with Crippen molar-refractivity contribution >= 4 is 23.0 Å². The first-order chi connectivity index (χ1) is 15.0. The molecule has 8 nitrogen and oxygen atoms in total. The highest BCUT2D eigenvalue weighted by Gasteiger charge is 2.21. The lowest BCUT2D eigenvalue weighted by molar-refractivity contribution is 0.707. The minimum absolute atomic E-state index is 0.200. The van der Waals surface area contributed by atoms with Gasteiger partial charge in [-0.05, 0) is 17.2 Å². The first kappa shape index (κ1) is 18.8. The largest absolute Gasteiger partial charge is 0.332 e. The zero-order valence-electron chi connectivity index (χ0n) is 17.0. The molecule has 0 N–H and O–H groups in total. The average molecular weight is 413 g/mol. The van der Waals surface area contributed by atoms with Crippen LogP contribution in [0, 0.1) is 0 Å². The van der Waals surface area contributed by atoms with Crippen molar-refractivity contribution in [2.24, 2.45) is 14.1 Å². The van der Waals surface area contributed by atoms with Gasteiger partial charge >= 0.3 is 5.69 Å². The highest BCUT2D eigenvalue weighted by molar-refractivity contribution is 5.76. The van der Waals surface area contributed by atoms with Crippen LogP contribution < -0.4 is 22.2 Å². The van der Waals surface area contributed by atoms with Crippen molar-refractivity contribution in [2.75, 3.05) is 0 Å². The highest BCUT2D eigenvalue weighted by atomic mass is 16.2. The smallest absolute Gasteiger partial charge is 0.279 e. The van der Waals surface area contributed by atoms with Crippen LogP contribution in [0.25, 0.3) is 23.0 Å². The van der Waals surface area contributed by atoms with Crippen molar-refractivity contribution in [3.8, 4) is 0 Å². The number of hydrogen-bond donors (Lipinski definition) is 0. The third-order valence-electron chi connectivity index (χ3n) is 5.47. The molecule has 8 heteroatoms. The maximum Gasteiger partial charge on any atom is 0.332 e. The van der Waals surface area contributed by atoms with E-state index in [-0.39, 0.29) is 16.7 Å². The van der Waals surface area contributed by atoms with Crippen molar-refractivity contribution in [2.45, 2.75) is 6.54 Å². The van der Waals surface area contributed by atoms with E-state index in [1.54, 1.807) is 17.5 Å². The molecule has 0 saturated carbocycles. The molecule has 0 aliphatic rings. The first-order valence-electron chi connectivity index (χ1n) is 9.78. The Kier molecular flexibility index (Phi) is 4.21. The van der Waals surface area contributed by atoms with Crippen LogP contribution in [-0.4, -0.2) is 23.1 Å². The molecule has 5 rings (SSSR count). The van der Waals surface area contributed by atoms with Crippen LogP contribution in [0.1, 0.15) is 11.1 Å². The lowest BCUT2D eigenvalue weighted by atomic mass is 10.2. The second kappa shape index (κ2) is 6.94. The molecule has 3 aromatic heterocycles. The van der Waals surface area contributed by atoms with Crippen LogP contribution in [0.4, 0.5) is 0 Å². The summed E-state index contributed by atoms with van der Waals surface area (Å²) in [5, 5.41) is 0.315. The quantitative estimate of drug-likeness (QED) is 0.435. The summed E-state index contributed by atoms with van der Waals surface area (Å²) in [6.07, 6.45) is 1.74. The Morgan fingerprint density at radius 1 is 0.839 bits per heavy atom. The van der Waals surface area contributed by atoms with E-state index in [2.05, 4.69) is 4.98 Å². The van der Waals surface area contributed by atoms with Crippen LogP contribution in [0.5, 0.6) is 0 Å². The van der Waals surface area contributed by atoms with Gasteiger partial charge in [-0.1, -0.05) is 60.7 Å². The Labute approximate surface area is 175 Å². The fourth-order valence-electron chi connectivity index (χ4n) is 3.86. The van der Waals surface area contributed by atoms with Crippen molar-refractivity contribution in [3.63, 3.8) is 0 Å². The molecule has 0 amide bonds. The molecular weight excluding hydrogens is 394 g/mol. The summed E-state index contributed by atoms with van der Waals surface area (Å²) in [5.41, 5.74) is 0.972. The number of benzene rings is 2. The number of aryl methyl sites for hydroxylation is 1. The molecule has 0 aliphatic heterocycles. The predicted molar refractivity (Wildman–Crippen MR) is 118 cm³/mol. The van der Waals surface area contributed by atoms with Gasteiger partial charge in [0.15, 0.2) is 11.2 Å². The molecule has 0 unspecified atom stereocenters. The standard InChI is InChI=1S/C23H19N5O3/c1-25-19-18(21(30)26(2)23(25)31)28-17(13-15-9-5-3-6-10-15)20(29)27(22(28)24-19)14-16-11-7-4-8-12-16/h3-13H,14H2,1-2H3/b17-13+. The van der Waals surface area contributed by atoms with Gasteiger partial charge in [-0.15, -0.1) is 0 Å². The van der Waals surface area contributed by atoms with Gasteiger partial charge in [-0.3, -0.25) is 27.7 Å². The predicted octanol–water partition coefficient (Wildman–Crippen LogP) is 0.643. The molecule has 0 radical (unpaired) electrons. The van der Waals surface area contributed by atoms with E-state index < -0.39 is 11.2 Å². The van der Waals surface area contributed by atoms with E-state index in [1.807, 2.05) is 60.7 Å². The van der Waals surface area contributed by atoms with Crippen LogP contribution in [0.2, 0.25) is 0 Å². The summed E-state index contributed by atoms with van der Waals surface area (Å²) < 4.78 is 5.46. The summed E-state index contributed by atoms with van der Waals surface area (Å²) >= 11 is 0. The Morgan fingerprint density at radius 3 is 2.16 bits per heavy atom. The minimum Gasteiger partial charge on any atom is -0.279 e. The lowest BCUT2D eigenvalue weighted by Crippen LogP contribution is -2.39. The van der Waals surface area contributed by atoms with E-state index in [9.17, 15) is 14.4 Å². The normalized spacial score (nSPS) is 12.3. The Morgan fingerprint density at radius 2 is 1.48 bits per heavy atom. The SMILES string of the molecule is Cn1c(=O)c2c(nc3n(Cc4ccccc4)c(=O)/c(=C\c4ccccc4)n23)n(C)c1=O. The minimum atomic E-state index is -0.495. The van der Waals surface area contributed by atoms with E-state index in [0.717, 1.165) is 15.7 Å². The average Bonchev–Trinajstić information content (AvgIpc) is 3.29. The maximum absolute atomic E-state index is 13.4. The zero-order chi connectivity index (χ0) is 21.7. The molecule has 0 atom stereocenters. The second-order valence-corrected chi connectivity index (χ2v) is 7.44. The summed E-state index contributed by atoms with van der Waals surface area (Å²) in [7, 11) is 2.99. The molecule has 31 heavy (non-hydrogen) atoms. The third-order valence-corrected chi connectivity index (χ3v) is 5.47. The van der Waals surface area contributed by atoms with E-state index in [4.69, 9.17) is 0 Å². The van der Waals surface area contributed by atoms with E-state index in [0.29, 0.717) is 17.7 Å². The number of imidazole rings is 2. The lowest BCUT2D eigenvalue weighted by Gasteiger charge is -2.02. The maximum atomic E-state index is 13.4. The Bertz CT molecular complexity index is 1670. The van der Waals surface area contributed by atoms with Crippen LogP contribution in [-0.2, 0) is 20.6 Å². The third kappa shape index (κ3) is 2.83. The topological polar surface area (TPSA) is 83.3 Å². The number of rotatable bonds is 3. The van der Waals surface area contributed by atoms with Gasteiger partial charge in [0.1, 0.15) is 5.35 Å². The van der Waals surface area contributed by atoms with Gasteiger partial charge in [0.05, 0.1) is 6.54 Å². The number of aromatic nitrogens is 5. The van der Waals surface area contributed by atoms with Crippen LogP contribution in [0.3, 0.4) is 0 Å². The Balaban J connectivity index is 1.96. The molecule has 0 saturated heterocycles. The number of hydrogen-bond acceptors (Lipinski definition) is 4. The van der Waals surface area contributed by atoms with Gasteiger partial charge in [-0.2, -0.15) is 4.98 Å². The highest BCUT2D eigenvalue weighted by Crippen LogP contribution is 2.11. The molecule has 0 aliphatic carbocycles. The second-order valence-electron chi connectivity index (χ2n) is 7.44. The first-order valence-corrected chi connectivity index (χ1v) is 9.78. The molecular formula is C23H19N5O3. The van der Waals surface area contributed by atoms with E-state index >= 15 is 0 Å². The monoisotopic (exact) mass is 413 g/mol. The summed E-state index contributed by atoms with van der Waals surface area (Å²) in [6, 6.07) is 19.0. The van der Waals surface area contributed by atoms with Gasteiger partial charge in [-0.25, -0.2) is 4.79 Å². The van der Waals surface area contributed by atoms with Crippen molar-refractivity contribution in [1.82, 2.24) is 23.1 Å².